The molecule has 0 unspecified atom stereocenters. The van der Waals surface area contributed by atoms with Crippen molar-refractivity contribution in [3.8, 4) is 0 Å². The molecule has 0 bridgehead atoms. The molecular weight excluding hydrogens is 71.0 g/mol. The van der Waals surface area contributed by atoms with Crippen molar-refractivity contribution >= 4 is 18.9 Å². The molecular formula is C4H4LiO. The largest absolute Gasteiger partial charge is 0.461 e. The third-order valence-corrected chi connectivity index (χ3v) is 0.379. The normalized spacial score (nSPS) is 6.67. The summed E-state index contributed by atoms with van der Waals surface area (Å²) in [6, 6.07) is 3.49. The second-order valence-electron chi connectivity index (χ2n) is 0.731. The summed E-state index contributed by atoms with van der Waals surface area (Å²) in [4.78, 5) is 0. The van der Waals surface area contributed by atoms with Crippen LogP contribution in [0.15, 0.2) is 22.8 Å². The van der Waals surface area contributed by atoms with Crippen LogP contribution < -0.4 is 0 Å². The zero-order valence-electron chi connectivity index (χ0n) is 2.64. The SMILES string of the molecule is [LiH].[c]1ccco1. The summed E-state index contributed by atoms with van der Waals surface area (Å²) in [5, 5.41) is 0. The summed E-state index contributed by atoms with van der Waals surface area (Å²) in [6.07, 6.45) is 4.06. The number of rotatable bonds is 0. The average Bonchev–Trinajstić information content (AvgIpc) is 1.76. The van der Waals surface area contributed by atoms with Crippen LogP contribution >= 0.6 is 0 Å². The molecule has 0 amide bonds. The van der Waals surface area contributed by atoms with E-state index in [0.29, 0.717) is 0 Å². The molecule has 2 heteroatoms. The number of hydrogen-bond donors (Lipinski definition) is 0. The average molecular weight is 75.0 g/mol. The molecule has 1 heterocycles. The van der Waals surface area contributed by atoms with Crippen molar-refractivity contribution in [1.29, 1.82) is 0 Å². The Bertz CT molecular complexity index is 64.0. The third-order valence-electron chi connectivity index (χ3n) is 0.379. The smallest absolute Gasteiger partial charge is 0.169 e. The van der Waals surface area contributed by atoms with E-state index in [1.54, 1.807) is 18.4 Å². The molecule has 0 fully saturated rings. The van der Waals surface area contributed by atoms with Crippen molar-refractivity contribution in [3.63, 3.8) is 0 Å². The van der Waals surface area contributed by atoms with Crippen molar-refractivity contribution in [2.45, 2.75) is 0 Å². The Labute approximate surface area is 48.5 Å². The Morgan fingerprint density at radius 2 is 2.33 bits per heavy atom. The fraction of sp³-hybridized carbons (Fsp3) is 0. The molecule has 0 aliphatic rings. The third kappa shape index (κ3) is 1.35. The van der Waals surface area contributed by atoms with Gasteiger partial charge in [0.25, 0.3) is 0 Å². The van der Waals surface area contributed by atoms with E-state index in [4.69, 9.17) is 0 Å². The maximum Gasteiger partial charge on any atom is 0.169 e. The molecule has 0 saturated carbocycles. The molecule has 27 valence electrons. The molecule has 6 heavy (non-hydrogen) atoms. The van der Waals surface area contributed by atoms with E-state index in [9.17, 15) is 0 Å². The minimum Gasteiger partial charge on any atom is -0.461 e. The summed E-state index contributed by atoms with van der Waals surface area (Å²) < 4.78 is 4.46. The molecule has 0 atom stereocenters. The molecule has 1 radical (unpaired) electrons. The van der Waals surface area contributed by atoms with Gasteiger partial charge in [0, 0.05) is 0 Å². The Balaban J connectivity index is 0.000000250. The molecule has 1 aromatic rings. The monoisotopic (exact) mass is 75.0 g/mol. The fourth-order valence-electron chi connectivity index (χ4n) is 0.196. The molecule has 0 N–H and O–H groups in total. The zero-order valence-corrected chi connectivity index (χ0v) is 2.64. The van der Waals surface area contributed by atoms with Crippen LogP contribution in [0.2, 0.25) is 0 Å². The molecule has 1 nitrogen and oxygen atoms in total. The molecule has 0 spiro atoms. The van der Waals surface area contributed by atoms with E-state index in [1.807, 2.05) is 0 Å². The van der Waals surface area contributed by atoms with Gasteiger partial charge in [-0.05, 0) is 12.1 Å². The van der Waals surface area contributed by atoms with Crippen molar-refractivity contribution in [2.24, 2.45) is 0 Å². The van der Waals surface area contributed by atoms with Crippen LogP contribution in [-0.4, -0.2) is 18.9 Å². The number of furan rings is 1. The van der Waals surface area contributed by atoms with Crippen molar-refractivity contribution in [2.75, 3.05) is 0 Å². The summed E-state index contributed by atoms with van der Waals surface area (Å²) >= 11 is 0. The summed E-state index contributed by atoms with van der Waals surface area (Å²) in [6.45, 7) is 0. The van der Waals surface area contributed by atoms with Gasteiger partial charge in [0.05, 0.1) is 6.26 Å². The fourth-order valence-corrected chi connectivity index (χ4v) is 0.196. The first-order valence-electron chi connectivity index (χ1n) is 1.40. The van der Waals surface area contributed by atoms with Crippen LogP contribution in [0.25, 0.3) is 0 Å². The first-order chi connectivity index (χ1) is 2.50. The predicted octanol–water partition coefficient (Wildman–Crippen LogP) is 0.431. The Hall–Kier alpha value is -0.123. The first kappa shape index (κ1) is 5.88. The van der Waals surface area contributed by atoms with E-state index in [-0.39, 0.29) is 18.9 Å². The van der Waals surface area contributed by atoms with Crippen molar-refractivity contribution in [1.82, 2.24) is 0 Å². The van der Waals surface area contributed by atoms with E-state index < -0.39 is 0 Å². The zero-order chi connectivity index (χ0) is 3.54. The van der Waals surface area contributed by atoms with Crippen LogP contribution in [0.1, 0.15) is 0 Å². The van der Waals surface area contributed by atoms with Gasteiger partial charge >= 0.3 is 18.9 Å². The van der Waals surface area contributed by atoms with Crippen molar-refractivity contribution < 1.29 is 4.42 Å². The minimum atomic E-state index is 0. The standard InChI is InChI=1S/C4H3O.Li.H/c1-2-4-5-3-1;;/h1-3H;;. The first-order valence-corrected chi connectivity index (χ1v) is 1.40. The molecule has 0 saturated heterocycles. The van der Waals surface area contributed by atoms with Crippen LogP contribution in [0.4, 0.5) is 0 Å². The minimum absolute atomic E-state index is 0. The molecule has 0 aromatic carbocycles. The summed E-state index contributed by atoms with van der Waals surface area (Å²) in [5.74, 6) is 0. The topological polar surface area (TPSA) is 13.1 Å². The van der Waals surface area contributed by atoms with E-state index in [1.165, 1.54) is 0 Å². The van der Waals surface area contributed by atoms with Gasteiger partial charge in [0.2, 0.25) is 0 Å². The van der Waals surface area contributed by atoms with E-state index in [0.717, 1.165) is 0 Å². The van der Waals surface area contributed by atoms with Gasteiger partial charge in [-0.3, -0.25) is 0 Å². The summed E-state index contributed by atoms with van der Waals surface area (Å²) in [7, 11) is 0. The number of hydrogen-bond acceptors (Lipinski definition) is 1. The van der Waals surface area contributed by atoms with Crippen LogP contribution in [0.3, 0.4) is 0 Å². The maximum atomic E-state index is 4.46. The molecule has 1 rings (SSSR count). The molecule has 1 aromatic heterocycles. The van der Waals surface area contributed by atoms with Gasteiger partial charge in [0.1, 0.15) is 0 Å². The Morgan fingerprint density at radius 1 is 1.50 bits per heavy atom. The van der Waals surface area contributed by atoms with Gasteiger partial charge in [-0.15, -0.1) is 0 Å². The van der Waals surface area contributed by atoms with Gasteiger partial charge < -0.3 is 4.42 Å². The van der Waals surface area contributed by atoms with Gasteiger partial charge in [-0.2, -0.15) is 0 Å². The Morgan fingerprint density at radius 3 is 2.50 bits per heavy atom. The van der Waals surface area contributed by atoms with Gasteiger partial charge in [-0.25, -0.2) is 0 Å². The van der Waals surface area contributed by atoms with Crippen LogP contribution in [0, 0.1) is 6.26 Å². The summed E-state index contributed by atoms with van der Waals surface area (Å²) in [5.41, 5.74) is 0. The van der Waals surface area contributed by atoms with E-state index >= 15 is 0 Å². The van der Waals surface area contributed by atoms with Crippen molar-refractivity contribution in [3.05, 3.63) is 24.7 Å². The second kappa shape index (κ2) is 3.08. The van der Waals surface area contributed by atoms with Crippen LogP contribution in [0.5, 0.6) is 0 Å². The maximum absolute atomic E-state index is 4.46. The molecule has 0 aliphatic carbocycles. The predicted molar refractivity (Wildman–Crippen MR) is 24.7 cm³/mol. The van der Waals surface area contributed by atoms with Crippen LogP contribution in [-0.2, 0) is 0 Å². The Kier molecular flexibility index (Phi) is 3.02. The second-order valence-corrected chi connectivity index (χ2v) is 0.731. The molecule has 0 aliphatic heterocycles. The van der Waals surface area contributed by atoms with E-state index in [2.05, 4.69) is 10.7 Å². The van der Waals surface area contributed by atoms with Gasteiger partial charge in [-0.1, -0.05) is 0 Å². The van der Waals surface area contributed by atoms with Gasteiger partial charge in [0.15, 0.2) is 6.26 Å². The quantitative estimate of drug-likeness (QED) is 0.407.